The fraction of sp³-hybridized carbons (Fsp3) is 0.469. The maximum absolute atomic E-state index is 12.9. The number of rotatable bonds is 12. The number of ether oxygens (including phenoxy) is 3. The molecule has 0 radical (unpaired) electrons. The highest BCUT2D eigenvalue weighted by Gasteiger charge is 2.65. The molecule has 2 saturated carbocycles. The van der Waals surface area contributed by atoms with E-state index in [1.165, 1.54) is 6.20 Å². The molecular formula is C49H58Cl2N6O5. The van der Waals surface area contributed by atoms with E-state index >= 15 is 0 Å². The number of aromatic nitrogens is 2. The maximum Gasteiger partial charge on any atom is 0.253 e. The Bertz CT molecular complexity index is 2150. The molecule has 0 spiro atoms. The zero-order valence-electron chi connectivity index (χ0n) is 37.7. The van der Waals surface area contributed by atoms with Crippen molar-refractivity contribution in [3.05, 3.63) is 123 Å². The number of hydrogen-bond donors (Lipinski definition) is 2. The Balaban J connectivity index is 0.000000234. The van der Waals surface area contributed by atoms with Crippen LogP contribution in [0.5, 0.6) is 17.4 Å². The standard InChI is InChI=1S/C25H30ClN3O2.C24H28ClN3O3/c1-15(2)12-17-9-8-16(14-28-17)21(30)29-22-24(3,4)23(25(22,5)6)31-18-10-11-20(27-7)19(26)13-18;1-14(2)30-19-11-8-15(13-27-19)20(29)28-21-23(3,4)22(24(21,5)6)31-16-9-10-18(26-7)17(25)12-16/h8-11,13-15,22-23H,12H2,1-6H3,(H,29,30);8-14,21-22H,1-6H3,(H,28,29). The molecule has 62 heavy (non-hydrogen) atoms. The molecule has 2 aromatic heterocycles. The second-order valence-corrected chi connectivity index (χ2v) is 20.0. The van der Waals surface area contributed by atoms with Crippen LogP contribution >= 0.6 is 23.2 Å². The predicted octanol–water partition coefficient (Wildman–Crippen LogP) is 11.8. The minimum absolute atomic E-state index is 0.0214. The first-order chi connectivity index (χ1) is 28.9. The summed E-state index contributed by atoms with van der Waals surface area (Å²) in [4.78, 5) is 41.2. The van der Waals surface area contributed by atoms with Gasteiger partial charge in [-0.1, -0.05) is 105 Å². The number of amides is 2. The lowest BCUT2D eigenvalue weighted by Crippen LogP contribution is -2.74. The van der Waals surface area contributed by atoms with Gasteiger partial charge in [0.1, 0.15) is 23.7 Å². The normalized spacial score (nSPS) is 21.1. The third-order valence-corrected chi connectivity index (χ3v) is 12.5. The first-order valence-electron chi connectivity index (χ1n) is 20.8. The van der Waals surface area contributed by atoms with Gasteiger partial charge in [0.05, 0.1) is 40.4 Å². The zero-order valence-corrected chi connectivity index (χ0v) is 39.2. The molecule has 0 atom stereocenters. The van der Waals surface area contributed by atoms with Gasteiger partial charge in [0.25, 0.3) is 11.8 Å². The molecule has 2 amide bonds. The summed E-state index contributed by atoms with van der Waals surface area (Å²) in [5.41, 5.74) is 1.59. The van der Waals surface area contributed by atoms with Gasteiger partial charge in [0.15, 0.2) is 0 Å². The van der Waals surface area contributed by atoms with Gasteiger partial charge in [0, 0.05) is 57.9 Å². The molecule has 2 aromatic carbocycles. The summed E-state index contributed by atoms with van der Waals surface area (Å²) in [6.07, 6.45) is 3.81. The van der Waals surface area contributed by atoms with Crippen LogP contribution in [0.15, 0.2) is 73.1 Å². The topological polar surface area (TPSA) is 120 Å². The highest BCUT2D eigenvalue weighted by molar-refractivity contribution is 6.33. The van der Waals surface area contributed by atoms with Crippen molar-refractivity contribution in [2.75, 3.05) is 0 Å². The smallest absolute Gasteiger partial charge is 0.253 e. The average Bonchev–Trinajstić information content (AvgIpc) is 3.20. The summed E-state index contributed by atoms with van der Waals surface area (Å²) in [7, 11) is 0. The lowest BCUT2D eigenvalue weighted by Gasteiger charge is -2.63. The van der Waals surface area contributed by atoms with Crippen molar-refractivity contribution in [1.29, 1.82) is 0 Å². The summed E-state index contributed by atoms with van der Waals surface area (Å²) in [6, 6.07) is 17.2. The first-order valence-corrected chi connectivity index (χ1v) is 21.6. The Morgan fingerprint density at radius 2 is 1.08 bits per heavy atom. The van der Waals surface area contributed by atoms with E-state index in [-0.39, 0.29) is 63.9 Å². The van der Waals surface area contributed by atoms with E-state index in [9.17, 15) is 9.59 Å². The monoisotopic (exact) mass is 880 g/mol. The van der Waals surface area contributed by atoms with Crippen LogP contribution in [0.1, 0.15) is 109 Å². The molecule has 2 aliphatic carbocycles. The van der Waals surface area contributed by atoms with E-state index in [0.29, 0.717) is 55.8 Å². The van der Waals surface area contributed by atoms with E-state index in [1.807, 2.05) is 26.0 Å². The molecule has 2 heterocycles. The van der Waals surface area contributed by atoms with Gasteiger partial charge < -0.3 is 24.8 Å². The molecule has 6 rings (SSSR count). The average molecular weight is 882 g/mol. The summed E-state index contributed by atoms with van der Waals surface area (Å²) in [5, 5.41) is 7.09. The molecule has 11 nitrogen and oxygen atoms in total. The molecule has 4 aromatic rings. The van der Waals surface area contributed by atoms with E-state index in [4.69, 9.17) is 50.6 Å². The highest BCUT2D eigenvalue weighted by atomic mass is 35.5. The number of carbonyl (C=O) groups excluding carboxylic acids is 2. The molecule has 2 fully saturated rings. The molecule has 328 valence electrons. The van der Waals surface area contributed by atoms with Crippen molar-refractivity contribution in [3.63, 3.8) is 0 Å². The van der Waals surface area contributed by atoms with E-state index in [0.717, 1.165) is 12.1 Å². The second kappa shape index (κ2) is 18.5. The number of nitrogens with zero attached hydrogens (tertiary/aromatic N) is 4. The molecule has 13 heteroatoms. The van der Waals surface area contributed by atoms with Gasteiger partial charge in [-0.05, 0) is 68.7 Å². The minimum atomic E-state index is -0.321. The summed E-state index contributed by atoms with van der Waals surface area (Å²) >= 11 is 12.3. The maximum atomic E-state index is 12.9. The SMILES string of the molecule is [C-]#[N+]c1ccc(OC2C(C)(C)C(NC(=O)c3ccc(CC(C)C)nc3)C2(C)C)cc1Cl.[C-]#[N+]c1ccc(OC2C(C)(C)C(NC(=O)c3ccc(OC(C)C)nc3)C2(C)C)cc1Cl. The number of nitrogens with one attached hydrogen (secondary N) is 2. The van der Waals surface area contributed by atoms with E-state index < -0.39 is 0 Å². The van der Waals surface area contributed by atoms with Crippen molar-refractivity contribution >= 4 is 46.4 Å². The second-order valence-electron chi connectivity index (χ2n) is 19.2. The van der Waals surface area contributed by atoms with Crippen molar-refractivity contribution in [2.24, 2.45) is 27.6 Å². The van der Waals surface area contributed by atoms with Gasteiger partial charge >= 0.3 is 0 Å². The minimum Gasteiger partial charge on any atom is -0.489 e. The Morgan fingerprint density at radius 1 is 0.661 bits per heavy atom. The van der Waals surface area contributed by atoms with Crippen molar-refractivity contribution < 1.29 is 23.8 Å². The van der Waals surface area contributed by atoms with Gasteiger partial charge in [-0.2, -0.15) is 0 Å². The number of halogens is 2. The highest BCUT2D eigenvalue weighted by Crippen LogP contribution is 2.57. The molecule has 2 N–H and O–H groups in total. The number of carbonyl (C=O) groups is 2. The van der Waals surface area contributed by atoms with Crippen LogP contribution in [0.25, 0.3) is 9.69 Å². The van der Waals surface area contributed by atoms with Crippen molar-refractivity contribution in [3.8, 4) is 17.4 Å². The van der Waals surface area contributed by atoms with Crippen LogP contribution in [0.2, 0.25) is 10.0 Å². The lowest BCUT2D eigenvalue weighted by molar-refractivity contribution is -0.164. The molecule has 2 aliphatic rings. The zero-order chi connectivity index (χ0) is 45.9. The van der Waals surface area contributed by atoms with Crippen LogP contribution in [-0.2, 0) is 6.42 Å². The number of benzene rings is 2. The fourth-order valence-electron chi connectivity index (χ4n) is 9.53. The summed E-state index contributed by atoms with van der Waals surface area (Å²) in [5.74, 6) is 1.94. The van der Waals surface area contributed by atoms with Gasteiger partial charge in [-0.3, -0.25) is 14.6 Å². The number of pyridine rings is 2. The van der Waals surface area contributed by atoms with Gasteiger partial charge in [-0.15, -0.1) is 0 Å². The summed E-state index contributed by atoms with van der Waals surface area (Å²) < 4.78 is 18.1. The van der Waals surface area contributed by atoms with Crippen molar-refractivity contribution in [2.45, 2.75) is 120 Å². The van der Waals surface area contributed by atoms with Crippen LogP contribution in [0.4, 0.5) is 11.4 Å². The molecule has 0 bridgehead atoms. The quantitative estimate of drug-likeness (QED) is 0.136. The Labute approximate surface area is 376 Å². The molecular weight excluding hydrogens is 823 g/mol. The molecule has 0 aliphatic heterocycles. The van der Waals surface area contributed by atoms with E-state index in [2.05, 4.69) is 99.5 Å². The van der Waals surface area contributed by atoms with Gasteiger partial charge in [-0.25, -0.2) is 14.7 Å². The van der Waals surface area contributed by atoms with Crippen LogP contribution in [0, 0.1) is 40.7 Å². The van der Waals surface area contributed by atoms with E-state index in [1.54, 1.807) is 54.7 Å². The predicted molar refractivity (Wildman–Crippen MR) is 245 cm³/mol. The van der Waals surface area contributed by atoms with Crippen LogP contribution < -0.4 is 24.8 Å². The van der Waals surface area contributed by atoms with Crippen LogP contribution in [-0.4, -0.2) is 52.2 Å². The molecule has 0 unspecified atom stereocenters. The lowest BCUT2D eigenvalue weighted by atomic mass is 9.49. The Hall–Kier alpha value is -5.36. The third-order valence-electron chi connectivity index (χ3n) is 11.9. The molecule has 0 saturated heterocycles. The Kier molecular flexibility index (Phi) is 14.3. The largest absolute Gasteiger partial charge is 0.489 e. The van der Waals surface area contributed by atoms with Gasteiger partial charge in [0.2, 0.25) is 17.3 Å². The van der Waals surface area contributed by atoms with Crippen LogP contribution in [0.3, 0.4) is 0 Å². The Morgan fingerprint density at radius 3 is 1.40 bits per heavy atom. The number of hydrogen-bond acceptors (Lipinski definition) is 7. The third kappa shape index (κ3) is 10.1. The van der Waals surface area contributed by atoms with Crippen molar-refractivity contribution in [1.82, 2.24) is 20.6 Å². The first kappa shape index (κ1) is 47.7. The summed E-state index contributed by atoms with van der Waals surface area (Å²) in [6.45, 7) is 39.0. The fourth-order valence-corrected chi connectivity index (χ4v) is 9.95.